The summed E-state index contributed by atoms with van der Waals surface area (Å²) in [5.41, 5.74) is 0.0109. The van der Waals surface area contributed by atoms with Gasteiger partial charge in [-0.25, -0.2) is 13.2 Å². The molecule has 2 aromatic carbocycles. The van der Waals surface area contributed by atoms with Crippen LogP contribution < -0.4 is 0 Å². The second-order valence-electron chi connectivity index (χ2n) is 4.95. The highest BCUT2D eigenvalue weighted by Gasteiger charge is 2.33. The molecule has 0 fully saturated rings. The van der Waals surface area contributed by atoms with Crippen LogP contribution in [-0.4, -0.2) is 11.8 Å². The maximum Gasteiger partial charge on any atom is 0.159 e. The molecule has 0 unspecified atom stereocenters. The van der Waals surface area contributed by atoms with Crippen LogP contribution in [0.15, 0.2) is 42.5 Å². The van der Waals surface area contributed by atoms with Gasteiger partial charge in [0.15, 0.2) is 11.6 Å². The highest BCUT2D eigenvalue weighted by Crippen LogP contribution is 2.33. The Morgan fingerprint density at radius 1 is 0.810 bits per heavy atom. The molecule has 2 aromatic rings. The van der Waals surface area contributed by atoms with Gasteiger partial charge in [0, 0.05) is 17.2 Å². The second kappa shape index (κ2) is 6.71. The molecule has 0 atom stereocenters. The van der Waals surface area contributed by atoms with Crippen LogP contribution in [0.2, 0.25) is 0 Å². The van der Waals surface area contributed by atoms with Gasteiger partial charge in [-0.05, 0) is 35.7 Å². The van der Waals surface area contributed by atoms with Gasteiger partial charge in [0.1, 0.15) is 5.82 Å². The lowest BCUT2D eigenvalue weighted by Gasteiger charge is -2.30. The van der Waals surface area contributed by atoms with Gasteiger partial charge in [-0.3, -0.25) is 0 Å². The molecule has 0 bridgehead atoms. The van der Waals surface area contributed by atoms with Crippen LogP contribution in [0.4, 0.5) is 13.2 Å². The fourth-order valence-corrected chi connectivity index (χ4v) is 3.06. The minimum atomic E-state index is -0.945. The quantitative estimate of drug-likeness (QED) is 0.671. The minimum Gasteiger partial charge on any atom is -0.207 e. The third-order valence-corrected chi connectivity index (χ3v) is 4.51. The summed E-state index contributed by atoms with van der Waals surface area (Å²) in [5.74, 6) is -2.15. The molecule has 5 heteroatoms. The van der Waals surface area contributed by atoms with Gasteiger partial charge in [0.05, 0.1) is 0 Å². The SMILES string of the molecule is Fc1ccc(CC(CCl)(CCl)c2ccccc2F)cc1F. The van der Waals surface area contributed by atoms with Crippen LogP contribution >= 0.6 is 23.2 Å². The minimum absolute atomic E-state index is 0.0659. The lowest BCUT2D eigenvalue weighted by Crippen LogP contribution is -2.34. The summed E-state index contributed by atoms with van der Waals surface area (Å²) >= 11 is 12.1. The molecule has 0 saturated carbocycles. The fraction of sp³-hybridized carbons (Fsp3) is 0.250. The van der Waals surface area contributed by atoms with Crippen molar-refractivity contribution in [1.82, 2.24) is 0 Å². The van der Waals surface area contributed by atoms with E-state index in [0.717, 1.165) is 12.1 Å². The number of rotatable bonds is 5. The molecule has 0 amide bonds. The molecule has 2 rings (SSSR count). The first-order valence-corrected chi connectivity index (χ1v) is 7.40. The van der Waals surface area contributed by atoms with Crippen molar-refractivity contribution in [2.24, 2.45) is 0 Å². The van der Waals surface area contributed by atoms with Crippen molar-refractivity contribution in [3.63, 3.8) is 0 Å². The summed E-state index contributed by atoms with van der Waals surface area (Å²) < 4.78 is 40.4. The molecule has 0 radical (unpaired) electrons. The van der Waals surface area contributed by atoms with E-state index in [4.69, 9.17) is 23.2 Å². The van der Waals surface area contributed by atoms with Crippen LogP contribution in [0.3, 0.4) is 0 Å². The summed E-state index contributed by atoms with van der Waals surface area (Å²) in [6.45, 7) is 0. The predicted octanol–water partition coefficient (Wildman–Crippen LogP) is 5.06. The topological polar surface area (TPSA) is 0 Å². The average Bonchev–Trinajstić information content (AvgIpc) is 2.49. The van der Waals surface area contributed by atoms with Crippen molar-refractivity contribution in [2.45, 2.75) is 11.8 Å². The van der Waals surface area contributed by atoms with Crippen molar-refractivity contribution in [2.75, 3.05) is 11.8 Å². The first-order chi connectivity index (χ1) is 10.0. The van der Waals surface area contributed by atoms with E-state index in [9.17, 15) is 13.2 Å². The molecule has 0 nitrogen and oxygen atoms in total. The summed E-state index contributed by atoms with van der Waals surface area (Å²) in [6.07, 6.45) is 0.220. The lowest BCUT2D eigenvalue weighted by atomic mass is 9.78. The Hall–Kier alpha value is -1.19. The van der Waals surface area contributed by atoms with Gasteiger partial charge in [-0.1, -0.05) is 24.3 Å². The number of benzene rings is 2. The molecule has 0 aliphatic carbocycles. The molecule has 0 aliphatic heterocycles. The summed E-state index contributed by atoms with van der Waals surface area (Å²) in [7, 11) is 0. The van der Waals surface area contributed by atoms with Crippen LogP contribution in [0.25, 0.3) is 0 Å². The van der Waals surface area contributed by atoms with Gasteiger partial charge >= 0.3 is 0 Å². The number of alkyl halides is 2. The Bertz CT molecular complexity index is 625. The molecule has 0 aromatic heterocycles. The van der Waals surface area contributed by atoms with Crippen LogP contribution in [0.1, 0.15) is 11.1 Å². The normalized spacial score (nSPS) is 11.7. The smallest absolute Gasteiger partial charge is 0.159 e. The van der Waals surface area contributed by atoms with Crippen LogP contribution in [-0.2, 0) is 11.8 Å². The number of hydrogen-bond donors (Lipinski definition) is 0. The molecular weight excluding hydrogens is 320 g/mol. The predicted molar refractivity (Wildman–Crippen MR) is 79.6 cm³/mol. The molecule has 0 N–H and O–H groups in total. The third-order valence-electron chi connectivity index (χ3n) is 3.48. The fourth-order valence-electron chi connectivity index (χ4n) is 2.30. The molecule has 112 valence electrons. The average molecular weight is 333 g/mol. The van der Waals surface area contributed by atoms with E-state index in [1.54, 1.807) is 18.2 Å². The van der Waals surface area contributed by atoms with Crippen LogP contribution in [0, 0.1) is 17.5 Å². The number of halogens is 5. The van der Waals surface area contributed by atoms with E-state index in [-0.39, 0.29) is 18.2 Å². The largest absolute Gasteiger partial charge is 0.207 e. The first-order valence-electron chi connectivity index (χ1n) is 6.33. The van der Waals surface area contributed by atoms with E-state index in [2.05, 4.69) is 0 Å². The standard InChI is InChI=1S/C16H13Cl2F3/c17-9-16(10-18,12-3-1-2-4-13(12)19)8-11-5-6-14(20)15(21)7-11/h1-7H,8-10H2. The molecule has 21 heavy (non-hydrogen) atoms. The zero-order valence-electron chi connectivity index (χ0n) is 11.1. The molecule has 0 spiro atoms. The summed E-state index contributed by atoms with van der Waals surface area (Å²) in [4.78, 5) is 0. The van der Waals surface area contributed by atoms with Gasteiger partial charge < -0.3 is 0 Å². The van der Waals surface area contributed by atoms with E-state index in [0.29, 0.717) is 11.1 Å². The molecule has 0 heterocycles. The Morgan fingerprint density at radius 3 is 2.05 bits per heavy atom. The maximum absolute atomic E-state index is 14.1. The van der Waals surface area contributed by atoms with Crippen molar-refractivity contribution < 1.29 is 13.2 Å². The Balaban J connectivity index is 2.43. The second-order valence-corrected chi connectivity index (χ2v) is 5.49. The van der Waals surface area contributed by atoms with E-state index in [1.165, 1.54) is 12.1 Å². The zero-order valence-corrected chi connectivity index (χ0v) is 12.6. The molecule has 0 aliphatic rings. The highest BCUT2D eigenvalue weighted by molar-refractivity contribution is 6.22. The lowest BCUT2D eigenvalue weighted by molar-refractivity contribution is 0.482. The molecule has 0 saturated heterocycles. The van der Waals surface area contributed by atoms with Crippen molar-refractivity contribution in [3.05, 3.63) is 71.0 Å². The third kappa shape index (κ3) is 3.35. The van der Waals surface area contributed by atoms with E-state index in [1.807, 2.05) is 0 Å². The van der Waals surface area contributed by atoms with Gasteiger partial charge in [-0.2, -0.15) is 0 Å². The van der Waals surface area contributed by atoms with Crippen LogP contribution in [0.5, 0.6) is 0 Å². The van der Waals surface area contributed by atoms with E-state index >= 15 is 0 Å². The first kappa shape index (κ1) is 16.2. The Kier molecular flexibility index (Phi) is 5.17. The van der Waals surface area contributed by atoms with E-state index < -0.39 is 22.9 Å². The summed E-state index contributed by atoms with van der Waals surface area (Å²) in [5, 5.41) is 0. The monoisotopic (exact) mass is 332 g/mol. The Morgan fingerprint density at radius 2 is 1.48 bits per heavy atom. The molecular formula is C16H13Cl2F3. The van der Waals surface area contributed by atoms with Crippen molar-refractivity contribution in [3.8, 4) is 0 Å². The van der Waals surface area contributed by atoms with Gasteiger partial charge in [0.2, 0.25) is 0 Å². The zero-order chi connectivity index (χ0) is 15.5. The van der Waals surface area contributed by atoms with Gasteiger partial charge in [-0.15, -0.1) is 23.2 Å². The highest BCUT2D eigenvalue weighted by atomic mass is 35.5. The van der Waals surface area contributed by atoms with Crippen molar-refractivity contribution in [1.29, 1.82) is 0 Å². The van der Waals surface area contributed by atoms with Crippen molar-refractivity contribution >= 4 is 23.2 Å². The van der Waals surface area contributed by atoms with Gasteiger partial charge in [0.25, 0.3) is 0 Å². The Labute approximate surface area is 131 Å². The summed E-state index contributed by atoms with van der Waals surface area (Å²) in [6, 6.07) is 9.78. The number of hydrogen-bond acceptors (Lipinski definition) is 0. The maximum atomic E-state index is 14.1.